The summed E-state index contributed by atoms with van der Waals surface area (Å²) < 4.78 is 0. The molecule has 0 saturated carbocycles. The molecule has 0 fully saturated rings. The molecular formula is C13H22. The van der Waals surface area contributed by atoms with Crippen LogP contribution in [0.5, 0.6) is 0 Å². The molecule has 0 unspecified atom stereocenters. The van der Waals surface area contributed by atoms with E-state index < -0.39 is 0 Å². The third-order valence-corrected chi connectivity index (χ3v) is 2.96. The van der Waals surface area contributed by atoms with Crippen molar-refractivity contribution in [2.45, 2.75) is 52.9 Å². The van der Waals surface area contributed by atoms with Gasteiger partial charge in [0.05, 0.1) is 0 Å². The third-order valence-electron chi connectivity index (χ3n) is 2.96. The number of allylic oxidation sites excluding steroid dienone is 4. The van der Waals surface area contributed by atoms with Crippen molar-refractivity contribution in [1.82, 2.24) is 0 Å². The summed E-state index contributed by atoms with van der Waals surface area (Å²) in [5.74, 6) is 0. The van der Waals surface area contributed by atoms with Gasteiger partial charge in [0.15, 0.2) is 0 Å². The summed E-state index contributed by atoms with van der Waals surface area (Å²) in [7, 11) is 0. The van der Waals surface area contributed by atoms with Crippen LogP contribution >= 0.6 is 0 Å². The van der Waals surface area contributed by atoms with Crippen molar-refractivity contribution in [3.8, 4) is 0 Å². The van der Waals surface area contributed by atoms with Crippen LogP contribution in [0.25, 0.3) is 0 Å². The molecule has 0 nitrogen and oxygen atoms in total. The van der Waals surface area contributed by atoms with Gasteiger partial charge in [0, 0.05) is 0 Å². The van der Waals surface area contributed by atoms with Gasteiger partial charge in [-0.05, 0) is 31.6 Å². The van der Waals surface area contributed by atoms with Gasteiger partial charge in [-0.2, -0.15) is 0 Å². The molecule has 0 heteroatoms. The molecule has 0 aliphatic heterocycles. The first-order chi connectivity index (χ1) is 6.22. The Hall–Kier alpha value is -0.520. The van der Waals surface area contributed by atoms with Crippen molar-refractivity contribution < 1.29 is 0 Å². The second-order valence-electron chi connectivity index (χ2n) is 4.41. The lowest BCUT2D eigenvalue weighted by molar-refractivity contribution is 0.309. The molecule has 0 bridgehead atoms. The van der Waals surface area contributed by atoms with E-state index in [4.69, 9.17) is 0 Å². The molecule has 0 N–H and O–H groups in total. The van der Waals surface area contributed by atoms with Crippen molar-refractivity contribution in [3.63, 3.8) is 0 Å². The maximum absolute atomic E-state index is 2.44. The number of hydrogen-bond donors (Lipinski definition) is 0. The smallest absolute Gasteiger partial charge is 0.00782 e. The van der Waals surface area contributed by atoms with Gasteiger partial charge in [-0.25, -0.2) is 0 Å². The molecule has 0 aromatic heterocycles. The third kappa shape index (κ3) is 2.72. The minimum Gasteiger partial charge on any atom is -0.0780 e. The zero-order valence-corrected chi connectivity index (χ0v) is 9.27. The molecule has 0 heterocycles. The summed E-state index contributed by atoms with van der Waals surface area (Å²) in [6.45, 7) is 6.83. The SMILES string of the molecule is CCCC1(CCC)C=CC=C(C)C1. The summed E-state index contributed by atoms with van der Waals surface area (Å²) >= 11 is 0. The molecular weight excluding hydrogens is 156 g/mol. The monoisotopic (exact) mass is 178 g/mol. The largest absolute Gasteiger partial charge is 0.0780 e. The predicted molar refractivity (Wildman–Crippen MR) is 59.8 cm³/mol. The number of hydrogen-bond acceptors (Lipinski definition) is 0. The zero-order valence-electron chi connectivity index (χ0n) is 9.27. The van der Waals surface area contributed by atoms with Crippen LogP contribution in [-0.4, -0.2) is 0 Å². The Kier molecular flexibility index (Phi) is 3.77. The molecule has 0 amide bonds. The molecule has 1 aliphatic carbocycles. The highest BCUT2D eigenvalue weighted by atomic mass is 14.3. The first-order valence-electron chi connectivity index (χ1n) is 5.57. The van der Waals surface area contributed by atoms with Crippen LogP contribution in [0.3, 0.4) is 0 Å². The van der Waals surface area contributed by atoms with Crippen LogP contribution in [0.1, 0.15) is 52.9 Å². The first-order valence-corrected chi connectivity index (χ1v) is 5.57. The van der Waals surface area contributed by atoms with E-state index in [-0.39, 0.29) is 0 Å². The van der Waals surface area contributed by atoms with E-state index >= 15 is 0 Å². The van der Waals surface area contributed by atoms with Crippen LogP contribution in [-0.2, 0) is 0 Å². The molecule has 0 spiro atoms. The van der Waals surface area contributed by atoms with Crippen molar-refractivity contribution >= 4 is 0 Å². The molecule has 1 aliphatic rings. The van der Waals surface area contributed by atoms with Gasteiger partial charge in [0.1, 0.15) is 0 Å². The summed E-state index contributed by atoms with van der Waals surface area (Å²) in [4.78, 5) is 0. The Morgan fingerprint density at radius 2 is 1.85 bits per heavy atom. The first kappa shape index (κ1) is 10.6. The van der Waals surface area contributed by atoms with Crippen LogP contribution in [0.4, 0.5) is 0 Å². The van der Waals surface area contributed by atoms with Crippen LogP contribution in [0, 0.1) is 5.41 Å². The fourth-order valence-corrected chi connectivity index (χ4v) is 2.55. The topological polar surface area (TPSA) is 0 Å². The molecule has 1 rings (SSSR count). The van der Waals surface area contributed by atoms with Crippen LogP contribution in [0.15, 0.2) is 23.8 Å². The Morgan fingerprint density at radius 3 is 2.31 bits per heavy atom. The number of rotatable bonds is 4. The van der Waals surface area contributed by atoms with E-state index in [1.54, 1.807) is 5.57 Å². The second kappa shape index (κ2) is 4.64. The van der Waals surface area contributed by atoms with Gasteiger partial charge >= 0.3 is 0 Å². The predicted octanol–water partition coefficient (Wildman–Crippen LogP) is 4.48. The fraction of sp³-hybridized carbons (Fsp3) is 0.692. The van der Waals surface area contributed by atoms with Crippen LogP contribution in [0.2, 0.25) is 0 Å². The van der Waals surface area contributed by atoms with Gasteiger partial charge in [-0.3, -0.25) is 0 Å². The minimum absolute atomic E-state index is 0.502. The standard InChI is InChI=1S/C13H22/c1-4-8-13(9-5-2)10-6-7-12(3)11-13/h6-7,10H,4-5,8-9,11H2,1-3H3. The van der Waals surface area contributed by atoms with Gasteiger partial charge in [0.25, 0.3) is 0 Å². The van der Waals surface area contributed by atoms with Gasteiger partial charge in [0.2, 0.25) is 0 Å². The van der Waals surface area contributed by atoms with E-state index in [2.05, 4.69) is 39.0 Å². The lowest BCUT2D eigenvalue weighted by atomic mass is 9.72. The van der Waals surface area contributed by atoms with E-state index in [1.807, 2.05) is 0 Å². The normalized spacial score (nSPS) is 20.1. The maximum Gasteiger partial charge on any atom is -0.00782 e. The van der Waals surface area contributed by atoms with Crippen molar-refractivity contribution in [2.75, 3.05) is 0 Å². The second-order valence-corrected chi connectivity index (χ2v) is 4.41. The van der Waals surface area contributed by atoms with E-state index in [0.29, 0.717) is 5.41 Å². The average Bonchev–Trinajstić information content (AvgIpc) is 2.04. The maximum atomic E-state index is 2.44. The highest BCUT2D eigenvalue weighted by Crippen LogP contribution is 2.40. The molecule has 74 valence electrons. The molecule has 0 aromatic rings. The van der Waals surface area contributed by atoms with Gasteiger partial charge in [-0.1, -0.05) is 50.5 Å². The van der Waals surface area contributed by atoms with Crippen molar-refractivity contribution in [1.29, 1.82) is 0 Å². The Morgan fingerprint density at radius 1 is 1.23 bits per heavy atom. The Bertz CT molecular complexity index is 202. The van der Waals surface area contributed by atoms with Crippen molar-refractivity contribution in [3.05, 3.63) is 23.8 Å². The average molecular weight is 178 g/mol. The van der Waals surface area contributed by atoms with Crippen molar-refractivity contribution in [2.24, 2.45) is 5.41 Å². The summed E-state index contributed by atoms with van der Waals surface area (Å²) in [6, 6.07) is 0. The van der Waals surface area contributed by atoms with Gasteiger partial charge < -0.3 is 0 Å². The lowest BCUT2D eigenvalue weighted by Crippen LogP contribution is -2.19. The molecule has 0 radical (unpaired) electrons. The van der Waals surface area contributed by atoms with E-state index in [1.165, 1.54) is 32.1 Å². The molecule has 0 aromatic carbocycles. The van der Waals surface area contributed by atoms with E-state index in [0.717, 1.165) is 0 Å². The molecule has 13 heavy (non-hydrogen) atoms. The minimum atomic E-state index is 0.502. The Balaban J connectivity index is 2.69. The van der Waals surface area contributed by atoms with Crippen LogP contribution < -0.4 is 0 Å². The highest BCUT2D eigenvalue weighted by molar-refractivity contribution is 5.22. The summed E-state index contributed by atoms with van der Waals surface area (Å²) in [5.41, 5.74) is 2.05. The Labute approximate surface area is 82.7 Å². The molecule has 0 saturated heterocycles. The lowest BCUT2D eigenvalue weighted by Gasteiger charge is -2.32. The fourth-order valence-electron chi connectivity index (χ4n) is 2.55. The molecule has 0 atom stereocenters. The summed E-state index contributed by atoms with van der Waals surface area (Å²) in [5, 5.41) is 0. The zero-order chi connectivity index (χ0) is 9.73. The summed E-state index contributed by atoms with van der Waals surface area (Å²) in [6.07, 6.45) is 13.5. The highest BCUT2D eigenvalue weighted by Gasteiger charge is 2.26. The van der Waals surface area contributed by atoms with E-state index in [9.17, 15) is 0 Å². The quantitative estimate of drug-likeness (QED) is 0.595. The van der Waals surface area contributed by atoms with Gasteiger partial charge in [-0.15, -0.1) is 0 Å².